The van der Waals surface area contributed by atoms with Crippen molar-refractivity contribution in [3.05, 3.63) is 0 Å². The highest BCUT2D eigenvalue weighted by Crippen LogP contribution is 1.92. The fraction of sp³-hybridized carbons (Fsp3) is 0.667. The van der Waals surface area contributed by atoms with E-state index in [0.717, 1.165) is 0 Å². The Morgan fingerprint density at radius 1 is 1.56 bits per heavy atom. The molecule has 0 aromatic rings. The molecule has 0 spiro atoms. The smallest absolute Gasteiger partial charge is 0.106 e. The molecule has 0 atom stereocenters. The summed E-state index contributed by atoms with van der Waals surface area (Å²) in [5.74, 6) is 0. The first-order valence-electron chi connectivity index (χ1n) is 2.89. The van der Waals surface area contributed by atoms with Crippen LogP contribution in [-0.2, 0) is 0 Å². The lowest BCUT2D eigenvalue weighted by Crippen LogP contribution is -2.22. The third kappa shape index (κ3) is 2.85. The predicted molar refractivity (Wildman–Crippen MR) is 40.9 cm³/mol. The van der Waals surface area contributed by atoms with Gasteiger partial charge < -0.3 is 0 Å². The van der Waals surface area contributed by atoms with Gasteiger partial charge in [0, 0.05) is 19.8 Å². The lowest BCUT2D eigenvalue weighted by atomic mass is 10.4. The molecule has 0 amide bonds. The maximum atomic E-state index is 3.80. The minimum Gasteiger partial charge on any atom is -0.277 e. The Labute approximate surface area is 56.1 Å². The quantitative estimate of drug-likeness (QED) is 0.315. The van der Waals surface area contributed by atoms with Crippen LogP contribution in [0.5, 0.6) is 0 Å². The maximum absolute atomic E-state index is 3.80. The third-order valence-electron chi connectivity index (χ3n) is 0.926. The molecule has 9 heavy (non-hydrogen) atoms. The highest BCUT2D eigenvalue weighted by atomic mass is 15.5. The number of aliphatic imine (C=N–C) groups is 1. The summed E-state index contributed by atoms with van der Waals surface area (Å²) < 4.78 is 0. The second kappa shape index (κ2) is 4.06. The van der Waals surface area contributed by atoms with Crippen molar-refractivity contribution in [2.75, 3.05) is 7.05 Å². The molecule has 0 radical (unpaired) electrons. The van der Waals surface area contributed by atoms with Gasteiger partial charge in [0.05, 0.1) is 0 Å². The fourth-order valence-electron chi connectivity index (χ4n) is 0.451. The van der Waals surface area contributed by atoms with Crippen LogP contribution in [0.4, 0.5) is 0 Å². The molecule has 0 aliphatic carbocycles. The van der Waals surface area contributed by atoms with Crippen molar-refractivity contribution in [2.45, 2.75) is 19.9 Å². The van der Waals surface area contributed by atoms with Crippen LogP contribution in [0, 0.1) is 0 Å². The Hall–Kier alpha value is -0.860. The van der Waals surface area contributed by atoms with Crippen molar-refractivity contribution in [2.24, 2.45) is 10.1 Å². The van der Waals surface area contributed by atoms with E-state index in [-0.39, 0.29) is 0 Å². The van der Waals surface area contributed by atoms with Gasteiger partial charge in [-0.05, 0) is 13.8 Å². The maximum Gasteiger partial charge on any atom is 0.106 e. The first-order valence-corrected chi connectivity index (χ1v) is 2.89. The zero-order valence-electron chi connectivity index (χ0n) is 6.20. The van der Waals surface area contributed by atoms with Gasteiger partial charge >= 0.3 is 0 Å². The molecular weight excluding hydrogens is 114 g/mol. The van der Waals surface area contributed by atoms with E-state index in [1.54, 1.807) is 18.4 Å². The lowest BCUT2D eigenvalue weighted by Gasteiger charge is -2.15. The molecule has 3 nitrogen and oxygen atoms in total. The molecule has 0 bridgehead atoms. The van der Waals surface area contributed by atoms with E-state index < -0.39 is 0 Å². The Balaban J connectivity index is 3.82. The fourth-order valence-corrected chi connectivity index (χ4v) is 0.451. The molecular formula is C6H13N3. The van der Waals surface area contributed by atoms with Crippen molar-refractivity contribution in [3.8, 4) is 0 Å². The van der Waals surface area contributed by atoms with Crippen molar-refractivity contribution in [3.63, 3.8) is 0 Å². The summed E-state index contributed by atoms with van der Waals surface area (Å²) >= 11 is 0. The Morgan fingerprint density at radius 3 is 2.22 bits per heavy atom. The molecule has 0 saturated heterocycles. The van der Waals surface area contributed by atoms with Crippen LogP contribution in [0.2, 0.25) is 0 Å². The van der Waals surface area contributed by atoms with Gasteiger partial charge in [0.1, 0.15) is 6.34 Å². The first-order chi connectivity index (χ1) is 4.22. The Morgan fingerprint density at radius 2 is 2.11 bits per heavy atom. The molecule has 0 unspecified atom stereocenters. The number of hydrazone groups is 1. The largest absolute Gasteiger partial charge is 0.277 e. The molecule has 0 aromatic heterocycles. The SMILES string of the molecule is C=NN(C=NC)C(C)C. The van der Waals surface area contributed by atoms with Crippen molar-refractivity contribution in [1.29, 1.82) is 0 Å². The first kappa shape index (κ1) is 8.14. The second-order valence-corrected chi connectivity index (χ2v) is 1.99. The summed E-state index contributed by atoms with van der Waals surface area (Å²) in [6, 6.07) is 0.339. The molecule has 3 heteroatoms. The molecule has 0 N–H and O–H groups in total. The minimum absolute atomic E-state index is 0.339. The standard InChI is InChI=1S/C6H13N3/c1-6(2)9(8-4)5-7-3/h5-6H,4H2,1-3H3. The predicted octanol–water partition coefficient (Wildman–Crippen LogP) is 0.970. The van der Waals surface area contributed by atoms with Gasteiger partial charge in [0.2, 0.25) is 0 Å². The van der Waals surface area contributed by atoms with Gasteiger partial charge in [0.25, 0.3) is 0 Å². The summed E-state index contributed by atoms with van der Waals surface area (Å²) in [7, 11) is 1.71. The molecule has 0 aromatic carbocycles. The van der Waals surface area contributed by atoms with Gasteiger partial charge in [-0.15, -0.1) is 0 Å². The van der Waals surface area contributed by atoms with E-state index >= 15 is 0 Å². The lowest BCUT2D eigenvalue weighted by molar-refractivity contribution is 0.382. The van der Waals surface area contributed by atoms with Crippen LogP contribution in [0.3, 0.4) is 0 Å². The molecule has 0 aliphatic rings. The topological polar surface area (TPSA) is 28.0 Å². The zero-order valence-corrected chi connectivity index (χ0v) is 6.20. The van der Waals surface area contributed by atoms with Gasteiger partial charge in [-0.25, -0.2) is 0 Å². The number of hydrogen-bond acceptors (Lipinski definition) is 2. The summed E-state index contributed by atoms with van der Waals surface area (Å²) in [6.45, 7) is 7.43. The number of rotatable bonds is 3. The zero-order chi connectivity index (χ0) is 7.28. The van der Waals surface area contributed by atoms with E-state index in [1.165, 1.54) is 0 Å². The average Bonchev–Trinajstić information content (AvgIpc) is 1.82. The summed E-state index contributed by atoms with van der Waals surface area (Å²) in [4.78, 5) is 3.80. The van der Waals surface area contributed by atoms with Crippen LogP contribution < -0.4 is 0 Å². The van der Waals surface area contributed by atoms with Crippen LogP contribution in [0.15, 0.2) is 10.1 Å². The number of nitrogens with zero attached hydrogens (tertiary/aromatic N) is 3. The summed E-state index contributed by atoms with van der Waals surface area (Å²) in [5.41, 5.74) is 0. The normalized spacial score (nSPS) is 10.7. The molecule has 0 saturated carbocycles. The van der Waals surface area contributed by atoms with Crippen molar-refractivity contribution >= 4 is 13.1 Å². The highest BCUT2D eigenvalue weighted by molar-refractivity contribution is 5.55. The van der Waals surface area contributed by atoms with Crippen molar-refractivity contribution in [1.82, 2.24) is 5.01 Å². The molecule has 0 heterocycles. The summed E-state index contributed by atoms with van der Waals surface area (Å²) in [6.07, 6.45) is 1.65. The third-order valence-corrected chi connectivity index (χ3v) is 0.926. The van der Waals surface area contributed by atoms with Gasteiger partial charge in [-0.3, -0.25) is 10.0 Å². The molecule has 0 aliphatic heterocycles. The Kier molecular flexibility index (Phi) is 3.67. The minimum atomic E-state index is 0.339. The highest BCUT2D eigenvalue weighted by Gasteiger charge is 1.98. The van der Waals surface area contributed by atoms with Crippen molar-refractivity contribution < 1.29 is 0 Å². The van der Waals surface area contributed by atoms with Crippen LogP contribution in [-0.4, -0.2) is 31.2 Å². The molecule has 52 valence electrons. The van der Waals surface area contributed by atoms with Crippen LogP contribution in [0.25, 0.3) is 0 Å². The van der Waals surface area contributed by atoms with E-state index in [0.29, 0.717) is 6.04 Å². The van der Waals surface area contributed by atoms with E-state index in [2.05, 4.69) is 16.8 Å². The average molecular weight is 127 g/mol. The van der Waals surface area contributed by atoms with Crippen LogP contribution in [0.1, 0.15) is 13.8 Å². The second-order valence-electron chi connectivity index (χ2n) is 1.99. The Bertz CT molecular complexity index is 107. The van der Waals surface area contributed by atoms with E-state index in [4.69, 9.17) is 0 Å². The van der Waals surface area contributed by atoms with E-state index in [1.807, 2.05) is 13.8 Å². The van der Waals surface area contributed by atoms with Gasteiger partial charge in [-0.1, -0.05) is 0 Å². The molecule has 0 fully saturated rings. The molecule has 0 rings (SSSR count). The summed E-state index contributed by atoms with van der Waals surface area (Å²) in [5, 5.41) is 5.41. The number of hydrogen-bond donors (Lipinski definition) is 0. The van der Waals surface area contributed by atoms with Gasteiger partial charge in [0.15, 0.2) is 0 Å². The monoisotopic (exact) mass is 127 g/mol. The van der Waals surface area contributed by atoms with Gasteiger partial charge in [-0.2, -0.15) is 5.10 Å². The van der Waals surface area contributed by atoms with E-state index in [9.17, 15) is 0 Å². The van der Waals surface area contributed by atoms with Crippen LogP contribution >= 0.6 is 0 Å².